The molecule has 0 aromatic heterocycles. The Morgan fingerprint density at radius 3 is 3.00 bits per heavy atom. The molecule has 2 rings (SSSR count). The van der Waals surface area contributed by atoms with E-state index in [1.807, 2.05) is 18.2 Å². The summed E-state index contributed by atoms with van der Waals surface area (Å²) in [7, 11) is 0. The van der Waals surface area contributed by atoms with Gasteiger partial charge < -0.3 is 19.3 Å². The Labute approximate surface area is 107 Å². The first-order valence-electron chi connectivity index (χ1n) is 6.38. The van der Waals surface area contributed by atoms with Gasteiger partial charge in [0.05, 0.1) is 19.3 Å². The van der Waals surface area contributed by atoms with Crippen LogP contribution in [0.3, 0.4) is 0 Å². The Morgan fingerprint density at radius 2 is 2.33 bits per heavy atom. The molecule has 1 N–H and O–H groups in total. The van der Waals surface area contributed by atoms with Crippen molar-refractivity contribution in [3.05, 3.63) is 29.3 Å². The maximum Gasteiger partial charge on any atom is 0.147 e. The lowest BCUT2D eigenvalue weighted by Crippen LogP contribution is -2.29. The van der Waals surface area contributed by atoms with Gasteiger partial charge in [-0.25, -0.2) is 0 Å². The van der Waals surface area contributed by atoms with E-state index in [0.717, 1.165) is 30.8 Å². The number of ether oxygens (including phenoxy) is 3. The third kappa shape index (κ3) is 3.45. The van der Waals surface area contributed by atoms with Crippen LogP contribution < -0.4 is 4.74 Å². The SMILES string of the molecule is CCc1ccc(CO)c(OCC2CCOCO2)c1. The molecule has 18 heavy (non-hydrogen) atoms. The van der Waals surface area contributed by atoms with Crippen molar-refractivity contribution >= 4 is 0 Å². The molecule has 0 aliphatic carbocycles. The first-order valence-corrected chi connectivity index (χ1v) is 6.38. The number of aryl methyl sites for hydroxylation is 1. The normalized spacial score (nSPS) is 19.8. The van der Waals surface area contributed by atoms with E-state index >= 15 is 0 Å². The van der Waals surface area contributed by atoms with Crippen molar-refractivity contribution in [1.82, 2.24) is 0 Å². The highest BCUT2D eigenvalue weighted by Gasteiger charge is 2.15. The minimum Gasteiger partial charge on any atom is -0.490 e. The fourth-order valence-corrected chi connectivity index (χ4v) is 1.90. The number of aliphatic hydroxyl groups excluding tert-OH is 1. The van der Waals surface area contributed by atoms with E-state index in [-0.39, 0.29) is 12.7 Å². The summed E-state index contributed by atoms with van der Waals surface area (Å²) in [5.41, 5.74) is 2.02. The van der Waals surface area contributed by atoms with Crippen molar-refractivity contribution in [2.24, 2.45) is 0 Å². The van der Waals surface area contributed by atoms with Crippen LogP contribution in [-0.2, 0) is 22.5 Å². The second-order valence-electron chi connectivity index (χ2n) is 4.37. The van der Waals surface area contributed by atoms with Gasteiger partial charge in [0, 0.05) is 12.0 Å². The molecule has 0 bridgehead atoms. The molecular weight excluding hydrogens is 232 g/mol. The molecule has 1 unspecified atom stereocenters. The lowest BCUT2D eigenvalue weighted by molar-refractivity contribution is -0.147. The van der Waals surface area contributed by atoms with Crippen molar-refractivity contribution < 1.29 is 19.3 Å². The van der Waals surface area contributed by atoms with Gasteiger partial charge >= 0.3 is 0 Å². The van der Waals surface area contributed by atoms with Gasteiger partial charge in [0.15, 0.2) is 0 Å². The van der Waals surface area contributed by atoms with Crippen LogP contribution in [0.2, 0.25) is 0 Å². The van der Waals surface area contributed by atoms with Gasteiger partial charge in [-0.3, -0.25) is 0 Å². The largest absolute Gasteiger partial charge is 0.490 e. The van der Waals surface area contributed by atoms with E-state index in [0.29, 0.717) is 13.4 Å². The number of aliphatic hydroxyl groups is 1. The molecule has 0 amide bonds. The summed E-state index contributed by atoms with van der Waals surface area (Å²) in [6, 6.07) is 5.92. The molecule has 1 aliphatic heterocycles. The van der Waals surface area contributed by atoms with E-state index in [4.69, 9.17) is 14.2 Å². The third-order valence-corrected chi connectivity index (χ3v) is 3.11. The Bertz CT molecular complexity index is 372. The molecule has 100 valence electrons. The van der Waals surface area contributed by atoms with Gasteiger partial charge in [0.1, 0.15) is 19.1 Å². The zero-order chi connectivity index (χ0) is 12.8. The second kappa shape index (κ2) is 6.73. The molecule has 1 atom stereocenters. The van der Waals surface area contributed by atoms with Gasteiger partial charge in [0.25, 0.3) is 0 Å². The van der Waals surface area contributed by atoms with Gasteiger partial charge in [-0.05, 0) is 18.1 Å². The van der Waals surface area contributed by atoms with Gasteiger partial charge in [0.2, 0.25) is 0 Å². The highest BCUT2D eigenvalue weighted by Crippen LogP contribution is 2.22. The zero-order valence-corrected chi connectivity index (χ0v) is 10.7. The number of rotatable bonds is 5. The molecule has 1 aromatic carbocycles. The summed E-state index contributed by atoms with van der Waals surface area (Å²) in [5.74, 6) is 0.756. The number of hydrogen-bond acceptors (Lipinski definition) is 4. The fraction of sp³-hybridized carbons (Fsp3) is 0.571. The zero-order valence-electron chi connectivity index (χ0n) is 10.7. The van der Waals surface area contributed by atoms with Crippen LogP contribution in [0.25, 0.3) is 0 Å². The van der Waals surface area contributed by atoms with Gasteiger partial charge in [-0.2, -0.15) is 0 Å². The summed E-state index contributed by atoms with van der Waals surface area (Å²) in [6.07, 6.45) is 1.88. The predicted molar refractivity (Wildman–Crippen MR) is 67.5 cm³/mol. The Balaban J connectivity index is 1.97. The smallest absolute Gasteiger partial charge is 0.147 e. The van der Waals surface area contributed by atoms with Crippen molar-refractivity contribution in [2.45, 2.75) is 32.5 Å². The lowest BCUT2D eigenvalue weighted by Gasteiger charge is -2.23. The van der Waals surface area contributed by atoms with Crippen LogP contribution in [0.4, 0.5) is 0 Å². The Morgan fingerprint density at radius 1 is 1.44 bits per heavy atom. The van der Waals surface area contributed by atoms with Crippen LogP contribution >= 0.6 is 0 Å². The quantitative estimate of drug-likeness (QED) is 0.869. The summed E-state index contributed by atoms with van der Waals surface area (Å²) in [5, 5.41) is 9.29. The molecule has 1 heterocycles. The van der Waals surface area contributed by atoms with Crippen molar-refractivity contribution in [2.75, 3.05) is 20.0 Å². The maximum atomic E-state index is 9.29. The third-order valence-electron chi connectivity index (χ3n) is 3.11. The molecule has 1 aliphatic rings. The van der Waals surface area contributed by atoms with Crippen LogP contribution in [-0.4, -0.2) is 31.2 Å². The predicted octanol–water partition coefficient (Wildman–Crippen LogP) is 1.88. The van der Waals surface area contributed by atoms with Crippen LogP contribution in [0, 0.1) is 0 Å². The molecule has 0 radical (unpaired) electrons. The van der Waals surface area contributed by atoms with E-state index in [2.05, 4.69) is 6.92 Å². The first kappa shape index (κ1) is 13.3. The van der Waals surface area contributed by atoms with Crippen molar-refractivity contribution in [1.29, 1.82) is 0 Å². The molecule has 0 saturated carbocycles. The summed E-state index contributed by atoms with van der Waals surface area (Å²) < 4.78 is 16.3. The molecule has 4 heteroatoms. The number of hydrogen-bond donors (Lipinski definition) is 1. The minimum absolute atomic E-state index is 0.00599. The summed E-state index contributed by atoms with van der Waals surface area (Å²) in [4.78, 5) is 0. The molecule has 1 fully saturated rings. The maximum absolute atomic E-state index is 9.29. The van der Waals surface area contributed by atoms with Crippen molar-refractivity contribution in [3.63, 3.8) is 0 Å². The molecular formula is C14H20O4. The molecule has 1 aromatic rings. The lowest BCUT2D eigenvalue weighted by atomic mass is 10.1. The molecule has 1 saturated heterocycles. The molecule has 0 spiro atoms. The fourth-order valence-electron chi connectivity index (χ4n) is 1.90. The summed E-state index contributed by atoms with van der Waals surface area (Å²) in [6.45, 7) is 3.66. The minimum atomic E-state index is -0.00599. The van der Waals surface area contributed by atoms with E-state index in [1.165, 1.54) is 5.56 Å². The van der Waals surface area contributed by atoms with E-state index < -0.39 is 0 Å². The van der Waals surface area contributed by atoms with Gasteiger partial charge in [-0.15, -0.1) is 0 Å². The standard InChI is InChI=1S/C14H20O4/c1-2-11-3-4-12(8-15)14(7-11)17-9-13-5-6-16-10-18-13/h3-4,7,13,15H,2,5-6,8-10H2,1H3. The highest BCUT2D eigenvalue weighted by molar-refractivity contribution is 5.37. The topological polar surface area (TPSA) is 47.9 Å². The first-order chi connectivity index (χ1) is 8.83. The Kier molecular flexibility index (Phi) is 4.99. The van der Waals surface area contributed by atoms with Crippen LogP contribution in [0.5, 0.6) is 5.75 Å². The molecule has 4 nitrogen and oxygen atoms in total. The van der Waals surface area contributed by atoms with Crippen LogP contribution in [0.15, 0.2) is 18.2 Å². The average Bonchev–Trinajstić information content (AvgIpc) is 2.45. The summed E-state index contributed by atoms with van der Waals surface area (Å²) >= 11 is 0. The number of benzene rings is 1. The average molecular weight is 252 g/mol. The van der Waals surface area contributed by atoms with E-state index in [9.17, 15) is 5.11 Å². The van der Waals surface area contributed by atoms with E-state index in [1.54, 1.807) is 0 Å². The van der Waals surface area contributed by atoms with Crippen LogP contribution in [0.1, 0.15) is 24.5 Å². The highest BCUT2D eigenvalue weighted by atomic mass is 16.7. The second-order valence-corrected chi connectivity index (χ2v) is 4.37. The van der Waals surface area contributed by atoms with Crippen molar-refractivity contribution in [3.8, 4) is 5.75 Å². The monoisotopic (exact) mass is 252 g/mol. The van der Waals surface area contributed by atoms with Gasteiger partial charge in [-0.1, -0.05) is 19.1 Å². The Hall–Kier alpha value is -1.10.